The van der Waals surface area contributed by atoms with E-state index in [4.69, 9.17) is 5.11 Å². The van der Waals surface area contributed by atoms with Gasteiger partial charge in [0.2, 0.25) is 0 Å². The fourth-order valence-corrected chi connectivity index (χ4v) is 3.52. The van der Waals surface area contributed by atoms with Crippen LogP contribution < -0.4 is 0 Å². The van der Waals surface area contributed by atoms with Gasteiger partial charge in [0, 0.05) is 0 Å². The van der Waals surface area contributed by atoms with Gasteiger partial charge in [-0.1, -0.05) is 104 Å². The van der Waals surface area contributed by atoms with E-state index in [0.717, 1.165) is 19.3 Å². The van der Waals surface area contributed by atoms with E-state index in [0.29, 0.717) is 12.8 Å². The van der Waals surface area contributed by atoms with Crippen LogP contribution in [-0.4, -0.2) is 21.8 Å². The number of hydrogen-bond donors (Lipinski definition) is 2. The van der Waals surface area contributed by atoms with Crippen molar-refractivity contribution in [1.29, 1.82) is 0 Å². The summed E-state index contributed by atoms with van der Waals surface area (Å²) in [5.74, 6) is -0.888. The number of carboxylic acid groups (broad SMARTS) is 1. The molecule has 0 amide bonds. The second-order valence-electron chi connectivity index (χ2n) is 7.54. The average molecular weight is 343 g/mol. The number of carboxylic acids is 1. The molecule has 3 nitrogen and oxygen atoms in total. The molecule has 0 fully saturated rings. The highest BCUT2D eigenvalue weighted by Crippen LogP contribution is 2.25. The van der Waals surface area contributed by atoms with Gasteiger partial charge >= 0.3 is 5.97 Å². The standard InChI is InChI=1S/C21H42O3/c1-3-5-6-7-8-9-10-11-12-13-14-15-16-18-21(24,17-4-2)19-20(22)23/h24H,3-19H2,1-2H3,(H,22,23). The number of hydrogen-bond acceptors (Lipinski definition) is 2. The molecule has 0 aromatic rings. The van der Waals surface area contributed by atoms with Crippen molar-refractivity contribution in [3.63, 3.8) is 0 Å². The molecule has 1 unspecified atom stereocenters. The van der Waals surface area contributed by atoms with Crippen molar-refractivity contribution in [2.24, 2.45) is 0 Å². The van der Waals surface area contributed by atoms with Crippen LogP contribution in [0.1, 0.15) is 123 Å². The van der Waals surface area contributed by atoms with Crippen LogP contribution in [0.2, 0.25) is 0 Å². The molecule has 0 spiro atoms. The van der Waals surface area contributed by atoms with Crippen LogP contribution in [0, 0.1) is 0 Å². The average Bonchev–Trinajstić information content (AvgIpc) is 2.51. The molecule has 144 valence electrons. The van der Waals surface area contributed by atoms with Crippen molar-refractivity contribution in [3.8, 4) is 0 Å². The Kier molecular flexibility index (Phi) is 15.6. The Morgan fingerprint density at radius 3 is 1.46 bits per heavy atom. The number of aliphatic carboxylic acids is 1. The highest BCUT2D eigenvalue weighted by Gasteiger charge is 2.28. The summed E-state index contributed by atoms with van der Waals surface area (Å²) >= 11 is 0. The summed E-state index contributed by atoms with van der Waals surface area (Å²) in [6.45, 7) is 4.26. The SMILES string of the molecule is CCCCCCCCCCCCCCCC(O)(CCC)CC(=O)O. The second kappa shape index (κ2) is 15.9. The van der Waals surface area contributed by atoms with E-state index in [9.17, 15) is 9.90 Å². The van der Waals surface area contributed by atoms with Crippen LogP contribution >= 0.6 is 0 Å². The lowest BCUT2D eigenvalue weighted by molar-refractivity contribution is -0.143. The number of carbonyl (C=O) groups is 1. The molecule has 2 N–H and O–H groups in total. The predicted molar refractivity (Wildman–Crippen MR) is 102 cm³/mol. The molecular formula is C21H42O3. The van der Waals surface area contributed by atoms with Gasteiger partial charge in [0.05, 0.1) is 12.0 Å². The number of unbranched alkanes of at least 4 members (excludes halogenated alkanes) is 12. The van der Waals surface area contributed by atoms with Crippen molar-refractivity contribution >= 4 is 5.97 Å². The van der Waals surface area contributed by atoms with Crippen LogP contribution in [0.3, 0.4) is 0 Å². The Labute approximate surface area is 150 Å². The van der Waals surface area contributed by atoms with Crippen molar-refractivity contribution in [2.75, 3.05) is 0 Å². The molecule has 1 atom stereocenters. The van der Waals surface area contributed by atoms with Crippen molar-refractivity contribution in [3.05, 3.63) is 0 Å². The Hall–Kier alpha value is -0.570. The quantitative estimate of drug-likeness (QED) is 0.280. The minimum absolute atomic E-state index is 0.112. The Bertz CT molecular complexity index is 291. The Morgan fingerprint density at radius 2 is 1.08 bits per heavy atom. The predicted octanol–water partition coefficient (Wildman–Crippen LogP) is 6.47. The summed E-state index contributed by atoms with van der Waals surface area (Å²) < 4.78 is 0. The van der Waals surface area contributed by atoms with Crippen molar-refractivity contribution < 1.29 is 15.0 Å². The number of rotatable bonds is 18. The summed E-state index contributed by atoms with van der Waals surface area (Å²) in [5.41, 5.74) is -0.988. The van der Waals surface area contributed by atoms with Crippen LogP contribution in [0.15, 0.2) is 0 Å². The molecule has 0 aromatic heterocycles. The summed E-state index contributed by atoms with van der Waals surface area (Å²) in [5, 5.41) is 19.3. The van der Waals surface area contributed by atoms with Gasteiger partial charge in [-0.05, 0) is 12.8 Å². The van der Waals surface area contributed by atoms with Gasteiger partial charge in [0.15, 0.2) is 0 Å². The van der Waals surface area contributed by atoms with Gasteiger partial charge in [0.1, 0.15) is 0 Å². The van der Waals surface area contributed by atoms with Crippen molar-refractivity contribution in [1.82, 2.24) is 0 Å². The first-order chi connectivity index (χ1) is 11.5. The van der Waals surface area contributed by atoms with Gasteiger partial charge < -0.3 is 10.2 Å². The molecule has 0 aliphatic carbocycles. The molecule has 24 heavy (non-hydrogen) atoms. The third-order valence-electron chi connectivity index (χ3n) is 4.94. The van der Waals surface area contributed by atoms with E-state index in [2.05, 4.69) is 6.92 Å². The molecule has 3 heteroatoms. The second-order valence-corrected chi connectivity index (χ2v) is 7.54. The molecular weight excluding hydrogens is 300 g/mol. The van der Waals surface area contributed by atoms with E-state index in [1.807, 2.05) is 6.92 Å². The molecule has 0 heterocycles. The third kappa shape index (κ3) is 15.0. The Morgan fingerprint density at radius 1 is 0.667 bits per heavy atom. The molecule has 0 aromatic carbocycles. The maximum Gasteiger partial charge on any atom is 0.306 e. The normalized spacial score (nSPS) is 13.8. The lowest BCUT2D eigenvalue weighted by Crippen LogP contribution is -2.31. The molecule has 0 saturated carbocycles. The van der Waals surface area contributed by atoms with E-state index in [1.54, 1.807) is 0 Å². The van der Waals surface area contributed by atoms with E-state index < -0.39 is 11.6 Å². The zero-order valence-corrected chi connectivity index (χ0v) is 16.3. The fraction of sp³-hybridized carbons (Fsp3) is 0.952. The van der Waals surface area contributed by atoms with Crippen LogP contribution in [0.5, 0.6) is 0 Å². The Balaban J connectivity index is 3.44. The first-order valence-corrected chi connectivity index (χ1v) is 10.5. The largest absolute Gasteiger partial charge is 0.481 e. The summed E-state index contributed by atoms with van der Waals surface area (Å²) in [6.07, 6.45) is 18.9. The summed E-state index contributed by atoms with van der Waals surface area (Å²) in [4.78, 5) is 10.9. The molecule has 0 rings (SSSR count). The molecule has 0 bridgehead atoms. The zero-order chi connectivity index (χ0) is 18.1. The van der Waals surface area contributed by atoms with Crippen LogP contribution in [0.25, 0.3) is 0 Å². The highest BCUT2D eigenvalue weighted by atomic mass is 16.4. The maximum atomic E-state index is 10.9. The molecule has 0 saturated heterocycles. The highest BCUT2D eigenvalue weighted by molar-refractivity contribution is 5.68. The van der Waals surface area contributed by atoms with E-state index >= 15 is 0 Å². The van der Waals surface area contributed by atoms with E-state index in [-0.39, 0.29) is 6.42 Å². The molecule has 0 aliphatic heterocycles. The van der Waals surface area contributed by atoms with Gasteiger partial charge in [-0.25, -0.2) is 0 Å². The van der Waals surface area contributed by atoms with Gasteiger partial charge in [-0.3, -0.25) is 4.79 Å². The third-order valence-corrected chi connectivity index (χ3v) is 4.94. The number of aliphatic hydroxyl groups is 1. The van der Waals surface area contributed by atoms with Crippen LogP contribution in [0.4, 0.5) is 0 Å². The summed E-state index contributed by atoms with van der Waals surface area (Å²) in [6, 6.07) is 0. The topological polar surface area (TPSA) is 57.5 Å². The van der Waals surface area contributed by atoms with Gasteiger partial charge in [-0.15, -0.1) is 0 Å². The van der Waals surface area contributed by atoms with Crippen LogP contribution in [-0.2, 0) is 4.79 Å². The maximum absolute atomic E-state index is 10.9. The van der Waals surface area contributed by atoms with Gasteiger partial charge in [-0.2, -0.15) is 0 Å². The first-order valence-electron chi connectivity index (χ1n) is 10.5. The van der Waals surface area contributed by atoms with E-state index in [1.165, 1.54) is 70.6 Å². The lowest BCUT2D eigenvalue weighted by atomic mass is 9.88. The first kappa shape index (κ1) is 23.4. The van der Waals surface area contributed by atoms with Crippen molar-refractivity contribution in [2.45, 2.75) is 129 Å². The zero-order valence-electron chi connectivity index (χ0n) is 16.3. The summed E-state index contributed by atoms with van der Waals surface area (Å²) in [7, 11) is 0. The van der Waals surface area contributed by atoms with Gasteiger partial charge in [0.25, 0.3) is 0 Å². The lowest BCUT2D eigenvalue weighted by Gasteiger charge is -2.26. The fourth-order valence-electron chi connectivity index (χ4n) is 3.52. The minimum atomic E-state index is -0.988. The minimum Gasteiger partial charge on any atom is -0.481 e. The smallest absolute Gasteiger partial charge is 0.306 e. The monoisotopic (exact) mass is 342 g/mol. The molecule has 0 radical (unpaired) electrons. The molecule has 0 aliphatic rings.